The fraction of sp³-hybridized carbons (Fsp3) is 0.103. The summed E-state index contributed by atoms with van der Waals surface area (Å²) in [6.45, 7) is 0.733. The standard InChI is InChI=1S/C29H22ClNO4S/c30-23-12-14-24(15-13-23)34-17-16-31-28(32)27(36-29(31)33)18-21-7-2-4-11-26(21)35-19-22-9-5-8-20-6-1-3-10-25(20)22/h1-15,18H,16-17,19H2/b27-18-. The summed E-state index contributed by atoms with van der Waals surface area (Å²) in [5.41, 5.74) is 1.81. The molecule has 4 aromatic carbocycles. The summed E-state index contributed by atoms with van der Waals surface area (Å²) >= 11 is 6.80. The molecule has 4 aromatic rings. The number of ether oxygens (including phenoxy) is 2. The Labute approximate surface area is 218 Å². The normalized spacial score (nSPS) is 14.6. The van der Waals surface area contributed by atoms with Gasteiger partial charge in [0.15, 0.2) is 0 Å². The zero-order valence-corrected chi connectivity index (χ0v) is 20.8. The number of carbonyl (C=O) groups excluding carboxylic acids is 2. The van der Waals surface area contributed by atoms with E-state index in [1.54, 1.807) is 30.3 Å². The van der Waals surface area contributed by atoms with E-state index < -0.39 is 0 Å². The number of fused-ring (bicyclic) bond motifs is 1. The van der Waals surface area contributed by atoms with Crippen LogP contribution in [0.4, 0.5) is 4.79 Å². The Kier molecular flexibility index (Phi) is 7.26. The van der Waals surface area contributed by atoms with Gasteiger partial charge in [0.25, 0.3) is 11.1 Å². The summed E-state index contributed by atoms with van der Waals surface area (Å²) in [6, 6.07) is 28.7. The summed E-state index contributed by atoms with van der Waals surface area (Å²) in [5.74, 6) is 0.927. The molecule has 0 radical (unpaired) electrons. The van der Waals surface area contributed by atoms with E-state index in [1.165, 1.54) is 4.90 Å². The van der Waals surface area contributed by atoms with Crippen molar-refractivity contribution in [2.24, 2.45) is 0 Å². The van der Waals surface area contributed by atoms with Gasteiger partial charge in [-0.25, -0.2) is 0 Å². The van der Waals surface area contributed by atoms with Crippen LogP contribution in [0.25, 0.3) is 16.8 Å². The molecular formula is C29H22ClNO4S. The lowest BCUT2D eigenvalue weighted by Gasteiger charge is -2.13. The van der Waals surface area contributed by atoms with Gasteiger partial charge in [-0.3, -0.25) is 14.5 Å². The van der Waals surface area contributed by atoms with Crippen molar-refractivity contribution in [3.05, 3.63) is 112 Å². The molecule has 180 valence electrons. The molecular weight excluding hydrogens is 494 g/mol. The van der Waals surface area contributed by atoms with Crippen molar-refractivity contribution < 1.29 is 19.1 Å². The number of hydrogen-bond acceptors (Lipinski definition) is 5. The predicted molar refractivity (Wildman–Crippen MR) is 144 cm³/mol. The Morgan fingerprint density at radius 1 is 0.833 bits per heavy atom. The second-order valence-electron chi connectivity index (χ2n) is 8.10. The Hall–Kier alpha value is -3.74. The van der Waals surface area contributed by atoms with Crippen molar-refractivity contribution in [2.45, 2.75) is 6.61 Å². The quantitative estimate of drug-likeness (QED) is 0.232. The summed E-state index contributed by atoms with van der Waals surface area (Å²) in [7, 11) is 0. The van der Waals surface area contributed by atoms with Crippen molar-refractivity contribution in [1.29, 1.82) is 0 Å². The SMILES string of the molecule is O=C1S/C(=C\c2ccccc2OCc2cccc3ccccc23)C(=O)N1CCOc1ccc(Cl)cc1. The van der Waals surface area contributed by atoms with Gasteiger partial charge in [-0.1, -0.05) is 72.3 Å². The zero-order valence-electron chi connectivity index (χ0n) is 19.2. The van der Waals surface area contributed by atoms with E-state index >= 15 is 0 Å². The smallest absolute Gasteiger partial charge is 0.293 e. The molecule has 1 fully saturated rings. The minimum Gasteiger partial charge on any atom is -0.492 e. The first-order valence-electron chi connectivity index (χ1n) is 11.4. The van der Waals surface area contributed by atoms with E-state index in [0.29, 0.717) is 28.0 Å². The average molecular weight is 516 g/mol. The number of para-hydroxylation sites is 1. The van der Waals surface area contributed by atoms with Crippen molar-refractivity contribution in [2.75, 3.05) is 13.2 Å². The third-order valence-corrected chi connectivity index (χ3v) is 6.90. The number of imide groups is 1. The molecule has 1 heterocycles. The second kappa shape index (κ2) is 10.9. The van der Waals surface area contributed by atoms with Crippen LogP contribution in [0.1, 0.15) is 11.1 Å². The predicted octanol–water partition coefficient (Wildman–Crippen LogP) is 7.19. The number of thioether (sulfide) groups is 1. The van der Waals surface area contributed by atoms with Gasteiger partial charge in [-0.05, 0) is 64.5 Å². The van der Waals surface area contributed by atoms with Crippen LogP contribution in [-0.2, 0) is 11.4 Å². The number of nitrogens with zero attached hydrogens (tertiary/aromatic N) is 1. The molecule has 2 amide bonds. The molecule has 0 unspecified atom stereocenters. The van der Waals surface area contributed by atoms with Crippen molar-refractivity contribution in [3.8, 4) is 11.5 Å². The summed E-state index contributed by atoms with van der Waals surface area (Å²) < 4.78 is 11.8. The summed E-state index contributed by atoms with van der Waals surface area (Å²) in [5, 5.41) is 2.58. The van der Waals surface area contributed by atoms with E-state index in [0.717, 1.165) is 33.7 Å². The molecule has 5 nitrogen and oxygen atoms in total. The number of hydrogen-bond donors (Lipinski definition) is 0. The average Bonchev–Trinajstić information content (AvgIpc) is 3.16. The molecule has 36 heavy (non-hydrogen) atoms. The van der Waals surface area contributed by atoms with Crippen LogP contribution < -0.4 is 9.47 Å². The largest absolute Gasteiger partial charge is 0.492 e. The monoisotopic (exact) mass is 515 g/mol. The van der Waals surface area contributed by atoms with E-state index in [1.807, 2.05) is 48.5 Å². The number of carbonyl (C=O) groups is 2. The Morgan fingerprint density at radius 3 is 2.44 bits per heavy atom. The van der Waals surface area contributed by atoms with Crippen molar-refractivity contribution >= 4 is 51.4 Å². The second-order valence-corrected chi connectivity index (χ2v) is 9.53. The van der Waals surface area contributed by atoms with Crippen LogP contribution in [0.5, 0.6) is 11.5 Å². The van der Waals surface area contributed by atoms with E-state index in [-0.39, 0.29) is 24.3 Å². The number of benzene rings is 4. The third-order valence-electron chi connectivity index (χ3n) is 5.74. The van der Waals surface area contributed by atoms with Crippen LogP contribution in [0, 0.1) is 0 Å². The molecule has 1 aliphatic heterocycles. The van der Waals surface area contributed by atoms with E-state index in [9.17, 15) is 9.59 Å². The molecule has 0 aliphatic carbocycles. The molecule has 0 atom stereocenters. The first-order valence-corrected chi connectivity index (χ1v) is 12.6. The maximum Gasteiger partial charge on any atom is 0.293 e. The zero-order chi connectivity index (χ0) is 24.9. The van der Waals surface area contributed by atoms with Gasteiger partial charge < -0.3 is 9.47 Å². The van der Waals surface area contributed by atoms with Crippen molar-refractivity contribution in [1.82, 2.24) is 4.90 Å². The molecule has 1 aliphatic rings. The number of amides is 2. The fourth-order valence-corrected chi connectivity index (χ4v) is 4.91. The maximum atomic E-state index is 12.9. The van der Waals surface area contributed by atoms with E-state index in [2.05, 4.69) is 18.2 Å². The molecule has 0 bridgehead atoms. The lowest BCUT2D eigenvalue weighted by molar-refractivity contribution is -0.123. The Morgan fingerprint density at radius 2 is 1.58 bits per heavy atom. The van der Waals surface area contributed by atoms with E-state index in [4.69, 9.17) is 21.1 Å². The highest BCUT2D eigenvalue weighted by atomic mass is 35.5. The molecule has 7 heteroatoms. The minimum absolute atomic E-state index is 0.157. The molecule has 5 rings (SSSR count). The topological polar surface area (TPSA) is 55.8 Å². The molecule has 0 spiro atoms. The van der Waals surface area contributed by atoms with Gasteiger partial charge in [0.1, 0.15) is 24.7 Å². The fourth-order valence-electron chi connectivity index (χ4n) is 3.92. The molecule has 1 saturated heterocycles. The van der Waals surface area contributed by atoms with Crippen LogP contribution in [0.2, 0.25) is 5.02 Å². The van der Waals surface area contributed by atoms with Crippen molar-refractivity contribution in [3.63, 3.8) is 0 Å². The van der Waals surface area contributed by atoms with Gasteiger partial charge in [0, 0.05) is 10.6 Å². The van der Waals surface area contributed by atoms with Gasteiger partial charge in [0.05, 0.1) is 11.4 Å². The lowest BCUT2D eigenvalue weighted by Crippen LogP contribution is -2.32. The Bertz CT molecular complexity index is 1450. The van der Waals surface area contributed by atoms with Gasteiger partial charge in [-0.2, -0.15) is 0 Å². The minimum atomic E-state index is -0.339. The lowest BCUT2D eigenvalue weighted by atomic mass is 10.1. The van der Waals surface area contributed by atoms with Gasteiger partial charge in [-0.15, -0.1) is 0 Å². The van der Waals surface area contributed by atoms with Crippen LogP contribution in [-0.4, -0.2) is 29.2 Å². The van der Waals surface area contributed by atoms with Gasteiger partial charge in [0.2, 0.25) is 0 Å². The molecule has 0 saturated carbocycles. The Balaban J connectivity index is 1.27. The molecule has 0 aromatic heterocycles. The third kappa shape index (κ3) is 5.40. The summed E-state index contributed by atoms with van der Waals surface area (Å²) in [6.07, 6.45) is 1.71. The highest BCUT2D eigenvalue weighted by molar-refractivity contribution is 8.18. The first-order chi connectivity index (χ1) is 17.6. The van der Waals surface area contributed by atoms with Crippen LogP contribution in [0.3, 0.4) is 0 Å². The first kappa shape index (κ1) is 24.0. The van der Waals surface area contributed by atoms with Gasteiger partial charge >= 0.3 is 0 Å². The highest BCUT2D eigenvalue weighted by Gasteiger charge is 2.35. The molecule has 0 N–H and O–H groups in total. The summed E-state index contributed by atoms with van der Waals surface area (Å²) in [4.78, 5) is 27.0. The highest BCUT2D eigenvalue weighted by Crippen LogP contribution is 2.34. The number of halogens is 1. The van der Waals surface area contributed by atoms with Crippen LogP contribution in [0.15, 0.2) is 95.9 Å². The number of rotatable bonds is 8. The van der Waals surface area contributed by atoms with Crippen LogP contribution >= 0.6 is 23.4 Å². The maximum absolute atomic E-state index is 12.9.